The number of benzene rings is 1. The number of amides is 1. The first kappa shape index (κ1) is 16.1. The molecule has 1 aromatic carbocycles. The van der Waals surface area contributed by atoms with Gasteiger partial charge in [-0.05, 0) is 30.7 Å². The van der Waals surface area contributed by atoms with Crippen LogP contribution in [-0.4, -0.2) is 43.9 Å². The molecule has 110 valence electrons. The smallest absolute Gasteiger partial charge is 0.335 e. The summed E-state index contributed by atoms with van der Waals surface area (Å²) in [4.78, 5) is 22.5. The maximum Gasteiger partial charge on any atom is 0.335 e. The number of carboxylic acids is 1. The quantitative estimate of drug-likeness (QED) is 0.708. The Kier molecular flexibility index (Phi) is 6.69. The molecule has 0 atom stereocenters. The van der Waals surface area contributed by atoms with E-state index in [9.17, 15) is 9.59 Å². The molecule has 0 bridgehead atoms. The molecule has 1 aromatic rings. The van der Waals surface area contributed by atoms with Crippen molar-refractivity contribution in [2.75, 3.05) is 32.2 Å². The zero-order chi connectivity index (χ0) is 15.0. The summed E-state index contributed by atoms with van der Waals surface area (Å²) in [6.45, 7) is 2.96. The fourth-order valence-corrected chi connectivity index (χ4v) is 1.61. The van der Waals surface area contributed by atoms with Crippen molar-refractivity contribution in [2.45, 2.75) is 13.3 Å². The Morgan fingerprint density at radius 1 is 1.25 bits per heavy atom. The zero-order valence-corrected chi connectivity index (χ0v) is 11.6. The minimum atomic E-state index is -0.980. The maximum atomic E-state index is 11.6. The molecule has 1 rings (SSSR count). The van der Waals surface area contributed by atoms with Gasteiger partial charge in [-0.3, -0.25) is 4.79 Å². The van der Waals surface area contributed by atoms with Crippen molar-refractivity contribution in [3.05, 3.63) is 29.3 Å². The maximum absolute atomic E-state index is 11.6. The van der Waals surface area contributed by atoms with E-state index in [1.54, 1.807) is 26.2 Å². The molecule has 20 heavy (non-hydrogen) atoms. The first-order valence-electron chi connectivity index (χ1n) is 6.25. The molecule has 0 heterocycles. The van der Waals surface area contributed by atoms with Crippen LogP contribution in [0.3, 0.4) is 0 Å². The molecule has 0 saturated carbocycles. The third-order valence-corrected chi connectivity index (χ3v) is 2.65. The van der Waals surface area contributed by atoms with Gasteiger partial charge in [0.2, 0.25) is 5.91 Å². The van der Waals surface area contributed by atoms with Crippen LogP contribution >= 0.6 is 0 Å². The van der Waals surface area contributed by atoms with E-state index in [0.717, 1.165) is 0 Å². The van der Waals surface area contributed by atoms with E-state index in [1.165, 1.54) is 6.07 Å². The molecule has 0 aliphatic carbocycles. The summed E-state index contributed by atoms with van der Waals surface area (Å²) >= 11 is 0. The Hall–Kier alpha value is -1.92. The highest BCUT2D eigenvalue weighted by Gasteiger charge is 2.08. The number of aromatic carboxylic acids is 1. The van der Waals surface area contributed by atoms with E-state index in [-0.39, 0.29) is 17.9 Å². The van der Waals surface area contributed by atoms with Crippen molar-refractivity contribution in [3.63, 3.8) is 0 Å². The lowest BCUT2D eigenvalue weighted by molar-refractivity contribution is -0.117. The Bertz CT molecular complexity index is 473. The van der Waals surface area contributed by atoms with E-state index >= 15 is 0 Å². The second kappa shape index (κ2) is 8.29. The van der Waals surface area contributed by atoms with Crippen molar-refractivity contribution in [1.82, 2.24) is 0 Å². The minimum absolute atomic E-state index is 0.176. The van der Waals surface area contributed by atoms with Crippen LogP contribution in [0.25, 0.3) is 0 Å². The van der Waals surface area contributed by atoms with Crippen LogP contribution < -0.4 is 5.32 Å². The molecule has 0 unspecified atom stereocenters. The lowest BCUT2D eigenvalue weighted by Gasteiger charge is -2.08. The van der Waals surface area contributed by atoms with Crippen LogP contribution in [0.5, 0.6) is 0 Å². The van der Waals surface area contributed by atoms with Crippen molar-refractivity contribution in [1.29, 1.82) is 0 Å². The predicted octanol–water partition coefficient (Wildman–Crippen LogP) is 1.68. The van der Waals surface area contributed by atoms with Crippen LogP contribution in [0.4, 0.5) is 5.69 Å². The number of anilines is 1. The fourth-order valence-electron chi connectivity index (χ4n) is 1.61. The average Bonchev–Trinajstić information content (AvgIpc) is 2.38. The number of hydrogen-bond acceptors (Lipinski definition) is 4. The monoisotopic (exact) mass is 281 g/mol. The minimum Gasteiger partial charge on any atom is -0.478 e. The van der Waals surface area contributed by atoms with Gasteiger partial charge in [0.15, 0.2) is 0 Å². The molecule has 0 aliphatic heterocycles. The second-order valence-electron chi connectivity index (χ2n) is 4.24. The van der Waals surface area contributed by atoms with Crippen molar-refractivity contribution >= 4 is 17.6 Å². The number of carbonyl (C=O) groups excluding carboxylic acids is 1. The summed E-state index contributed by atoms with van der Waals surface area (Å²) in [6.07, 6.45) is 0.240. The van der Waals surface area contributed by atoms with E-state index in [1.807, 2.05) is 0 Å². The third kappa shape index (κ3) is 5.38. The van der Waals surface area contributed by atoms with Crippen LogP contribution in [-0.2, 0) is 14.3 Å². The molecule has 2 N–H and O–H groups in total. The molecule has 0 aliphatic rings. The standard InChI is InChI=1S/C14H19NO5/c1-10-9-11(3-4-12(10)14(17)18)15-13(16)5-6-20-8-7-19-2/h3-4,9H,5-8H2,1-2H3,(H,15,16)(H,17,18). The summed E-state index contributed by atoms with van der Waals surface area (Å²) in [5, 5.41) is 11.6. The van der Waals surface area contributed by atoms with Gasteiger partial charge in [-0.1, -0.05) is 0 Å². The van der Waals surface area contributed by atoms with Gasteiger partial charge in [0, 0.05) is 12.8 Å². The number of carboxylic acid groups (broad SMARTS) is 1. The highest BCUT2D eigenvalue weighted by atomic mass is 16.5. The van der Waals surface area contributed by atoms with Crippen LogP contribution in [0, 0.1) is 6.92 Å². The number of nitrogens with one attached hydrogen (secondary N) is 1. The first-order valence-corrected chi connectivity index (χ1v) is 6.25. The molecule has 6 heteroatoms. The summed E-state index contributed by atoms with van der Waals surface area (Å²) in [6, 6.07) is 4.68. The Balaban J connectivity index is 2.42. The fraction of sp³-hybridized carbons (Fsp3) is 0.429. The van der Waals surface area contributed by atoms with E-state index < -0.39 is 5.97 Å². The van der Waals surface area contributed by atoms with Crippen LogP contribution in [0.15, 0.2) is 18.2 Å². The van der Waals surface area contributed by atoms with Gasteiger partial charge in [0.05, 0.1) is 31.8 Å². The van der Waals surface area contributed by atoms with Gasteiger partial charge in [0.1, 0.15) is 0 Å². The van der Waals surface area contributed by atoms with Gasteiger partial charge >= 0.3 is 5.97 Å². The van der Waals surface area contributed by atoms with Crippen molar-refractivity contribution in [2.24, 2.45) is 0 Å². The highest BCUT2D eigenvalue weighted by molar-refractivity contribution is 5.93. The number of rotatable bonds is 8. The van der Waals surface area contributed by atoms with Gasteiger partial charge in [-0.2, -0.15) is 0 Å². The molecule has 0 spiro atoms. The van der Waals surface area contributed by atoms with E-state index in [0.29, 0.717) is 31.1 Å². The average molecular weight is 281 g/mol. The van der Waals surface area contributed by atoms with Crippen LogP contribution in [0.2, 0.25) is 0 Å². The highest BCUT2D eigenvalue weighted by Crippen LogP contribution is 2.15. The second-order valence-corrected chi connectivity index (χ2v) is 4.24. The molecule has 0 aromatic heterocycles. The Morgan fingerprint density at radius 2 is 2.00 bits per heavy atom. The Morgan fingerprint density at radius 3 is 2.60 bits per heavy atom. The topological polar surface area (TPSA) is 84.9 Å². The predicted molar refractivity (Wildman–Crippen MR) is 74.1 cm³/mol. The molecule has 6 nitrogen and oxygen atoms in total. The van der Waals surface area contributed by atoms with Crippen LogP contribution in [0.1, 0.15) is 22.3 Å². The van der Waals surface area contributed by atoms with Gasteiger partial charge in [-0.15, -0.1) is 0 Å². The normalized spacial score (nSPS) is 10.3. The SMILES string of the molecule is COCCOCCC(=O)Nc1ccc(C(=O)O)c(C)c1. The zero-order valence-electron chi connectivity index (χ0n) is 11.6. The molecule has 0 radical (unpaired) electrons. The molecular weight excluding hydrogens is 262 g/mol. The number of carbonyl (C=O) groups is 2. The number of aryl methyl sites for hydroxylation is 1. The lowest BCUT2D eigenvalue weighted by Crippen LogP contribution is -2.15. The van der Waals surface area contributed by atoms with Crippen molar-refractivity contribution < 1.29 is 24.2 Å². The molecular formula is C14H19NO5. The van der Waals surface area contributed by atoms with E-state index in [4.69, 9.17) is 14.6 Å². The summed E-state index contributed by atoms with van der Waals surface area (Å²) in [5.41, 5.74) is 1.41. The summed E-state index contributed by atoms with van der Waals surface area (Å²) in [5.74, 6) is -1.16. The lowest BCUT2D eigenvalue weighted by atomic mass is 10.1. The summed E-state index contributed by atoms with van der Waals surface area (Å²) < 4.78 is 10.0. The molecule has 0 fully saturated rings. The molecule has 1 amide bonds. The van der Waals surface area contributed by atoms with Gasteiger partial charge in [-0.25, -0.2) is 4.79 Å². The van der Waals surface area contributed by atoms with Crippen molar-refractivity contribution in [3.8, 4) is 0 Å². The number of methoxy groups -OCH3 is 1. The summed E-state index contributed by atoms with van der Waals surface area (Å²) in [7, 11) is 1.58. The first-order chi connectivity index (χ1) is 9.54. The third-order valence-electron chi connectivity index (χ3n) is 2.65. The number of hydrogen-bond donors (Lipinski definition) is 2. The largest absolute Gasteiger partial charge is 0.478 e. The van der Waals surface area contributed by atoms with Gasteiger partial charge < -0.3 is 19.9 Å². The molecule has 0 saturated heterocycles. The number of ether oxygens (including phenoxy) is 2. The van der Waals surface area contributed by atoms with Gasteiger partial charge in [0.25, 0.3) is 0 Å². The van der Waals surface area contributed by atoms with E-state index in [2.05, 4.69) is 5.32 Å². The Labute approximate surface area is 117 Å².